The van der Waals surface area contributed by atoms with E-state index >= 15 is 0 Å². The Morgan fingerprint density at radius 1 is 0.911 bits per heavy atom. The number of nitrogens with two attached hydrogens (primary N) is 1. The summed E-state index contributed by atoms with van der Waals surface area (Å²) in [5.74, 6) is 0.679. The lowest BCUT2D eigenvalue weighted by Crippen LogP contribution is -2.52. The Morgan fingerprint density at radius 2 is 1.62 bits per heavy atom. The van der Waals surface area contributed by atoms with E-state index in [0.29, 0.717) is 48.8 Å². The summed E-state index contributed by atoms with van der Waals surface area (Å²) in [6.45, 7) is 8.00. The van der Waals surface area contributed by atoms with Crippen molar-refractivity contribution in [3.8, 4) is 11.3 Å². The number of amidine groups is 1. The van der Waals surface area contributed by atoms with Crippen LogP contribution in [0.25, 0.3) is 11.3 Å². The molecular weight excluding hydrogens is 566 g/mol. The average Bonchev–Trinajstić information content (AvgIpc) is 3.18. The number of carbonyl (C=O) groups excluding carboxylic acids is 1. The van der Waals surface area contributed by atoms with Crippen LogP contribution in [-0.2, 0) is 11.2 Å². The minimum atomic E-state index is -0.651. The molecule has 4 aliphatic rings. The Morgan fingerprint density at radius 3 is 2.33 bits per heavy atom. The summed E-state index contributed by atoms with van der Waals surface area (Å²) < 4.78 is 5.64. The fourth-order valence-electron chi connectivity index (χ4n) is 7.24. The number of nitrogens with zero attached hydrogens (tertiary/aromatic N) is 6. The van der Waals surface area contributed by atoms with Crippen LogP contribution in [0.5, 0.6) is 0 Å². The number of fused-ring (bicyclic) bond motifs is 3. The van der Waals surface area contributed by atoms with Crippen LogP contribution in [0.1, 0.15) is 41.7 Å². The number of likely N-dealkylation sites (N-methyl/N-ethyl adjacent to an activating group) is 1. The number of carbonyl (C=O) groups is 1. The molecule has 0 spiro atoms. The van der Waals surface area contributed by atoms with E-state index in [2.05, 4.69) is 39.2 Å². The van der Waals surface area contributed by atoms with Gasteiger partial charge in [0.05, 0.1) is 0 Å². The van der Waals surface area contributed by atoms with Crippen LogP contribution < -0.4 is 20.9 Å². The quantitative estimate of drug-likeness (QED) is 0.383. The smallest absolute Gasteiger partial charge is 0.271 e. The third kappa shape index (κ3) is 6.12. The molecule has 0 radical (unpaired) electrons. The van der Waals surface area contributed by atoms with E-state index in [1.807, 2.05) is 41.3 Å². The molecule has 2 aromatic carbocycles. The van der Waals surface area contributed by atoms with Gasteiger partial charge in [-0.15, -0.1) is 0 Å². The normalized spacial score (nSPS) is 20.4. The third-order valence-electron chi connectivity index (χ3n) is 9.83. The SMILES string of the molecule is CN1CCN(C2CCN(c3ccc(Nc4nc5c(nc4C(N)=O)-c4ccccc4CC(=N)N5C4CCOCC4)cc3)CC2)CC1. The predicted octanol–water partition coefficient (Wildman–Crippen LogP) is 3.72. The van der Waals surface area contributed by atoms with Crippen molar-refractivity contribution in [1.82, 2.24) is 19.8 Å². The topological polar surface area (TPSA) is 127 Å². The lowest BCUT2D eigenvalue weighted by Gasteiger charge is -2.42. The summed E-state index contributed by atoms with van der Waals surface area (Å²) in [5, 5.41) is 12.5. The summed E-state index contributed by atoms with van der Waals surface area (Å²) >= 11 is 0. The second kappa shape index (κ2) is 12.7. The van der Waals surface area contributed by atoms with E-state index in [9.17, 15) is 4.79 Å². The zero-order chi connectivity index (χ0) is 30.9. The van der Waals surface area contributed by atoms with Crippen LogP contribution in [-0.4, -0.2) is 103 Å². The van der Waals surface area contributed by atoms with E-state index in [-0.39, 0.29) is 11.7 Å². The van der Waals surface area contributed by atoms with Gasteiger partial charge in [-0.25, -0.2) is 9.97 Å². The largest absolute Gasteiger partial charge is 0.381 e. The maximum absolute atomic E-state index is 12.8. The maximum Gasteiger partial charge on any atom is 0.271 e. The molecule has 1 amide bonds. The minimum Gasteiger partial charge on any atom is -0.381 e. The molecule has 3 aromatic rings. The van der Waals surface area contributed by atoms with E-state index in [4.69, 9.17) is 25.8 Å². The van der Waals surface area contributed by atoms with Gasteiger partial charge in [-0.05, 0) is 62.6 Å². The van der Waals surface area contributed by atoms with Crippen molar-refractivity contribution in [3.05, 3.63) is 59.8 Å². The number of aromatic nitrogens is 2. The Labute approximate surface area is 264 Å². The van der Waals surface area contributed by atoms with Crippen LogP contribution >= 0.6 is 0 Å². The molecule has 11 heteroatoms. The Bertz CT molecular complexity index is 1540. The molecule has 0 bridgehead atoms. The van der Waals surface area contributed by atoms with Gasteiger partial charge in [0, 0.05) is 87.9 Å². The van der Waals surface area contributed by atoms with Crippen molar-refractivity contribution in [2.75, 3.05) is 74.6 Å². The molecule has 45 heavy (non-hydrogen) atoms. The zero-order valence-electron chi connectivity index (χ0n) is 26.0. The number of primary amides is 1. The summed E-state index contributed by atoms with van der Waals surface area (Å²) in [7, 11) is 2.21. The number of nitrogens with one attached hydrogen (secondary N) is 2. The van der Waals surface area contributed by atoms with Crippen molar-refractivity contribution >= 4 is 34.8 Å². The van der Waals surface area contributed by atoms with Crippen molar-refractivity contribution in [2.45, 2.75) is 44.2 Å². The second-order valence-corrected chi connectivity index (χ2v) is 12.7. The summed E-state index contributed by atoms with van der Waals surface area (Å²) in [6.07, 6.45) is 4.38. The number of rotatable bonds is 6. The summed E-state index contributed by atoms with van der Waals surface area (Å²) in [5.41, 5.74) is 10.4. The molecule has 4 N–H and O–H groups in total. The van der Waals surface area contributed by atoms with Crippen molar-refractivity contribution in [2.24, 2.45) is 5.73 Å². The lowest BCUT2D eigenvalue weighted by molar-refractivity contribution is 0.0869. The number of ether oxygens (including phenoxy) is 1. The molecule has 11 nitrogen and oxygen atoms in total. The molecule has 3 saturated heterocycles. The lowest BCUT2D eigenvalue weighted by atomic mass is 10.0. The maximum atomic E-state index is 12.8. The minimum absolute atomic E-state index is 0.0561. The summed E-state index contributed by atoms with van der Waals surface area (Å²) in [4.78, 5) is 32.2. The highest BCUT2D eigenvalue weighted by Gasteiger charge is 2.34. The monoisotopic (exact) mass is 609 g/mol. The molecule has 3 fully saturated rings. The highest BCUT2D eigenvalue weighted by Crippen LogP contribution is 2.39. The first kappa shape index (κ1) is 29.6. The van der Waals surface area contributed by atoms with Crippen LogP contribution in [0.4, 0.5) is 23.0 Å². The Balaban J connectivity index is 1.14. The molecule has 0 unspecified atom stereocenters. The number of piperidine rings is 1. The zero-order valence-corrected chi connectivity index (χ0v) is 26.0. The van der Waals surface area contributed by atoms with E-state index < -0.39 is 5.91 Å². The number of hydrogen-bond acceptors (Lipinski definition) is 9. The second-order valence-electron chi connectivity index (χ2n) is 12.7. The van der Waals surface area contributed by atoms with E-state index in [0.717, 1.165) is 55.8 Å². The van der Waals surface area contributed by atoms with Gasteiger partial charge >= 0.3 is 0 Å². The Kier molecular flexibility index (Phi) is 8.39. The van der Waals surface area contributed by atoms with Crippen molar-refractivity contribution in [3.63, 3.8) is 0 Å². The molecule has 236 valence electrons. The fourth-order valence-corrected chi connectivity index (χ4v) is 7.24. The molecule has 5 heterocycles. The van der Waals surface area contributed by atoms with Gasteiger partial charge in [-0.2, -0.15) is 0 Å². The first-order valence-electron chi connectivity index (χ1n) is 16.2. The number of piperazine rings is 1. The van der Waals surface area contributed by atoms with Gasteiger partial charge in [0.25, 0.3) is 5.91 Å². The summed E-state index contributed by atoms with van der Waals surface area (Å²) in [6, 6.07) is 16.9. The van der Waals surface area contributed by atoms with Gasteiger partial charge in [0.2, 0.25) is 0 Å². The van der Waals surface area contributed by atoms with Crippen LogP contribution in [0, 0.1) is 5.41 Å². The average molecular weight is 610 g/mol. The molecule has 1 aromatic heterocycles. The standard InChI is InChI=1S/C34H43N9O2/c1-40-16-18-42(19-17-40)26-10-14-41(15-11-26)25-8-6-24(7-9-25)37-33-31(32(36)44)38-30-28-5-3-2-4-23(28)22-29(35)43(34(30)39-33)27-12-20-45-21-13-27/h2-9,26-27,35H,10-22H2,1H3,(H2,36,44)(H,37,39). The van der Waals surface area contributed by atoms with Crippen LogP contribution in [0.3, 0.4) is 0 Å². The predicted molar refractivity (Wildman–Crippen MR) is 178 cm³/mol. The van der Waals surface area contributed by atoms with E-state index in [1.165, 1.54) is 31.6 Å². The fraction of sp³-hybridized carbons (Fsp3) is 0.471. The molecule has 0 saturated carbocycles. The molecule has 4 aliphatic heterocycles. The first-order valence-corrected chi connectivity index (χ1v) is 16.2. The highest BCUT2D eigenvalue weighted by molar-refractivity contribution is 6.04. The third-order valence-corrected chi connectivity index (χ3v) is 9.83. The molecule has 7 rings (SSSR count). The van der Waals surface area contributed by atoms with Gasteiger partial charge in [0.15, 0.2) is 17.3 Å². The number of amides is 1. The number of benzene rings is 2. The van der Waals surface area contributed by atoms with Gasteiger partial charge in [0.1, 0.15) is 11.5 Å². The van der Waals surface area contributed by atoms with E-state index in [1.54, 1.807) is 0 Å². The van der Waals surface area contributed by atoms with Crippen molar-refractivity contribution < 1.29 is 9.53 Å². The van der Waals surface area contributed by atoms with Gasteiger partial charge < -0.3 is 30.5 Å². The molecule has 0 aliphatic carbocycles. The first-order chi connectivity index (χ1) is 21.9. The van der Waals surface area contributed by atoms with Gasteiger partial charge in [-0.1, -0.05) is 24.3 Å². The van der Waals surface area contributed by atoms with Gasteiger partial charge in [-0.3, -0.25) is 15.1 Å². The van der Waals surface area contributed by atoms with Crippen molar-refractivity contribution in [1.29, 1.82) is 5.41 Å². The number of hydrogen-bond donors (Lipinski definition) is 3. The molecular formula is C34H43N9O2. The van der Waals surface area contributed by atoms with Crippen LogP contribution in [0.2, 0.25) is 0 Å². The highest BCUT2D eigenvalue weighted by atomic mass is 16.5. The Hall–Kier alpha value is -4.06. The number of anilines is 4. The molecule has 0 atom stereocenters. The van der Waals surface area contributed by atoms with Crippen LogP contribution in [0.15, 0.2) is 48.5 Å².